The van der Waals surface area contributed by atoms with Crippen LogP contribution >= 0.6 is 0 Å². The van der Waals surface area contributed by atoms with E-state index in [1.54, 1.807) is 0 Å². The zero-order chi connectivity index (χ0) is 11.0. The van der Waals surface area contributed by atoms with Crippen LogP contribution in [0.1, 0.15) is 49.3 Å². The molecule has 2 N–H and O–H groups in total. The van der Waals surface area contributed by atoms with Crippen LogP contribution in [-0.4, -0.2) is 28.0 Å². The van der Waals surface area contributed by atoms with E-state index in [0.717, 1.165) is 57.1 Å². The van der Waals surface area contributed by atoms with Gasteiger partial charge in [-0.25, -0.2) is 0 Å². The topological polar surface area (TPSA) is 66.0 Å². The molecule has 0 bridgehead atoms. The summed E-state index contributed by atoms with van der Waals surface area (Å²) < 4.78 is 7.62. The van der Waals surface area contributed by atoms with Gasteiger partial charge in [-0.2, -0.15) is 0 Å². The maximum atomic E-state index is 6.04. The quantitative estimate of drug-likeness (QED) is 0.768. The number of ether oxygens (including phenoxy) is 1. The molecular formula is C11H18N4O. The van der Waals surface area contributed by atoms with Gasteiger partial charge in [0.25, 0.3) is 0 Å². The molecule has 2 aliphatic rings. The van der Waals surface area contributed by atoms with Gasteiger partial charge in [-0.15, -0.1) is 10.2 Å². The first-order valence-corrected chi connectivity index (χ1v) is 6.12. The second kappa shape index (κ2) is 4.14. The Kier molecular flexibility index (Phi) is 2.65. The van der Waals surface area contributed by atoms with Gasteiger partial charge >= 0.3 is 0 Å². The number of hydrogen-bond donors (Lipinski definition) is 1. The van der Waals surface area contributed by atoms with Gasteiger partial charge in [0.2, 0.25) is 0 Å². The molecule has 5 nitrogen and oxygen atoms in total. The molecule has 0 spiro atoms. The summed E-state index contributed by atoms with van der Waals surface area (Å²) in [5.74, 6) is 2.63. The predicted molar refractivity (Wildman–Crippen MR) is 59.0 cm³/mol. The summed E-state index contributed by atoms with van der Waals surface area (Å²) in [6, 6.07) is 0.0786. The van der Waals surface area contributed by atoms with Crippen molar-refractivity contribution in [2.45, 2.75) is 44.2 Å². The van der Waals surface area contributed by atoms with Gasteiger partial charge in [-0.1, -0.05) is 0 Å². The smallest absolute Gasteiger partial charge is 0.149 e. The minimum atomic E-state index is 0.0786. The van der Waals surface area contributed by atoms with Crippen molar-refractivity contribution in [3.63, 3.8) is 0 Å². The molecule has 1 unspecified atom stereocenters. The van der Waals surface area contributed by atoms with E-state index >= 15 is 0 Å². The molecule has 1 saturated heterocycles. The molecule has 0 radical (unpaired) electrons. The van der Waals surface area contributed by atoms with Crippen molar-refractivity contribution >= 4 is 0 Å². The van der Waals surface area contributed by atoms with Gasteiger partial charge in [0.05, 0.1) is 6.04 Å². The van der Waals surface area contributed by atoms with E-state index in [0.29, 0.717) is 5.92 Å². The highest BCUT2D eigenvalue weighted by Crippen LogP contribution is 2.30. The van der Waals surface area contributed by atoms with Gasteiger partial charge in [0.1, 0.15) is 11.6 Å². The third-order valence-electron chi connectivity index (χ3n) is 3.62. The van der Waals surface area contributed by atoms with Gasteiger partial charge < -0.3 is 15.0 Å². The fraction of sp³-hybridized carbons (Fsp3) is 0.818. The van der Waals surface area contributed by atoms with Crippen LogP contribution in [0.4, 0.5) is 0 Å². The lowest BCUT2D eigenvalue weighted by Crippen LogP contribution is -2.25. The van der Waals surface area contributed by atoms with Crippen molar-refractivity contribution in [1.82, 2.24) is 14.8 Å². The minimum Gasteiger partial charge on any atom is -0.381 e. The van der Waals surface area contributed by atoms with Crippen molar-refractivity contribution in [3.8, 4) is 0 Å². The normalized spacial score (nSPS) is 26.7. The SMILES string of the molecule is NC1CCCn2c1nnc2C1CCOCC1. The van der Waals surface area contributed by atoms with Gasteiger partial charge in [0, 0.05) is 25.7 Å². The Labute approximate surface area is 95.0 Å². The van der Waals surface area contributed by atoms with Crippen LogP contribution in [0.2, 0.25) is 0 Å². The fourth-order valence-electron chi connectivity index (χ4n) is 2.69. The molecule has 1 fully saturated rings. The standard InChI is InChI=1S/C11H18N4O/c12-9-2-1-5-15-10(13-14-11(9)15)8-3-6-16-7-4-8/h8-9H,1-7,12H2. The summed E-state index contributed by atoms with van der Waals surface area (Å²) in [5.41, 5.74) is 6.04. The predicted octanol–water partition coefficient (Wildman–Crippen LogP) is 0.966. The Morgan fingerprint density at radius 3 is 2.69 bits per heavy atom. The molecule has 1 aromatic heterocycles. The third-order valence-corrected chi connectivity index (χ3v) is 3.62. The van der Waals surface area contributed by atoms with E-state index < -0.39 is 0 Å². The Morgan fingerprint density at radius 2 is 1.88 bits per heavy atom. The molecule has 3 heterocycles. The van der Waals surface area contributed by atoms with E-state index in [9.17, 15) is 0 Å². The Bertz CT molecular complexity index is 370. The van der Waals surface area contributed by atoms with E-state index in [4.69, 9.17) is 10.5 Å². The molecule has 3 rings (SSSR count). The van der Waals surface area contributed by atoms with Crippen LogP contribution in [0.3, 0.4) is 0 Å². The summed E-state index contributed by atoms with van der Waals surface area (Å²) in [5, 5.41) is 8.61. The molecular weight excluding hydrogens is 204 g/mol. The number of rotatable bonds is 1. The molecule has 88 valence electrons. The number of fused-ring (bicyclic) bond motifs is 1. The van der Waals surface area contributed by atoms with Crippen LogP contribution in [0.25, 0.3) is 0 Å². The van der Waals surface area contributed by atoms with Crippen LogP contribution in [0.15, 0.2) is 0 Å². The lowest BCUT2D eigenvalue weighted by atomic mass is 9.98. The van der Waals surface area contributed by atoms with Gasteiger partial charge in [-0.05, 0) is 25.7 Å². The highest BCUT2D eigenvalue weighted by molar-refractivity contribution is 5.08. The van der Waals surface area contributed by atoms with E-state index in [1.165, 1.54) is 0 Å². The zero-order valence-corrected chi connectivity index (χ0v) is 9.43. The Hall–Kier alpha value is -0.940. The average molecular weight is 222 g/mol. The maximum absolute atomic E-state index is 6.04. The molecule has 0 saturated carbocycles. The lowest BCUT2D eigenvalue weighted by molar-refractivity contribution is 0.0825. The summed E-state index contributed by atoms with van der Waals surface area (Å²) in [7, 11) is 0. The highest BCUT2D eigenvalue weighted by atomic mass is 16.5. The zero-order valence-electron chi connectivity index (χ0n) is 9.43. The number of nitrogens with zero attached hydrogens (tertiary/aromatic N) is 3. The van der Waals surface area contributed by atoms with Crippen molar-refractivity contribution in [3.05, 3.63) is 11.6 Å². The van der Waals surface area contributed by atoms with Gasteiger partial charge in [-0.3, -0.25) is 0 Å². The lowest BCUT2D eigenvalue weighted by Gasteiger charge is -2.25. The van der Waals surface area contributed by atoms with Crippen molar-refractivity contribution in [2.75, 3.05) is 13.2 Å². The minimum absolute atomic E-state index is 0.0786. The Morgan fingerprint density at radius 1 is 1.12 bits per heavy atom. The summed E-state index contributed by atoms with van der Waals surface area (Å²) in [6.45, 7) is 2.72. The second-order valence-corrected chi connectivity index (χ2v) is 4.70. The van der Waals surface area contributed by atoms with Crippen LogP contribution < -0.4 is 5.73 Å². The molecule has 16 heavy (non-hydrogen) atoms. The number of nitrogens with two attached hydrogens (primary N) is 1. The molecule has 2 aliphatic heterocycles. The van der Waals surface area contributed by atoms with Crippen LogP contribution in [-0.2, 0) is 11.3 Å². The molecule has 1 aromatic rings. The van der Waals surface area contributed by atoms with E-state index in [1.807, 2.05) is 0 Å². The molecule has 1 atom stereocenters. The van der Waals surface area contributed by atoms with Crippen LogP contribution in [0, 0.1) is 0 Å². The summed E-state index contributed by atoms with van der Waals surface area (Å²) in [6.07, 6.45) is 4.30. The number of aromatic nitrogens is 3. The molecule has 0 aromatic carbocycles. The molecule has 5 heteroatoms. The first-order chi connectivity index (χ1) is 7.86. The summed E-state index contributed by atoms with van der Waals surface area (Å²) >= 11 is 0. The number of hydrogen-bond acceptors (Lipinski definition) is 4. The maximum Gasteiger partial charge on any atom is 0.149 e. The fourth-order valence-corrected chi connectivity index (χ4v) is 2.69. The monoisotopic (exact) mass is 222 g/mol. The van der Waals surface area contributed by atoms with E-state index in [-0.39, 0.29) is 6.04 Å². The highest BCUT2D eigenvalue weighted by Gasteiger charge is 2.27. The van der Waals surface area contributed by atoms with Gasteiger partial charge in [0.15, 0.2) is 0 Å². The van der Waals surface area contributed by atoms with Crippen molar-refractivity contribution in [2.24, 2.45) is 5.73 Å². The van der Waals surface area contributed by atoms with E-state index in [2.05, 4.69) is 14.8 Å². The first-order valence-electron chi connectivity index (χ1n) is 6.12. The average Bonchev–Trinajstić information content (AvgIpc) is 2.75. The second-order valence-electron chi connectivity index (χ2n) is 4.70. The van der Waals surface area contributed by atoms with Crippen LogP contribution in [0.5, 0.6) is 0 Å². The largest absolute Gasteiger partial charge is 0.381 e. The molecule has 0 aliphatic carbocycles. The molecule has 0 amide bonds. The third kappa shape index (κ3) is 1.64. The van der Waals surface area contributed by atoms with Crippen molar-refractivity contribution in [1.29, 1.82) is 0 Å². The Balaban J connectivity index is 1.89. The van der Waals surface area contributed by atoms with Crippen molar-refractivity contribution < 1.29 is 4.74 Å². The summed E-state index contributed by atoms with van der Waals surface area (Å²) in [4.78, 5) is 0. The first kappa shape index (κ1) is 10.2.